The van der Waals surface area contributed by atoms with Crippen molar-refractivity contribution < 1.29 is 9.59 Å². The van der Waals surface area contributed by atoms with Gasteiger partial charge in [-0.25, -0.2) is 0 Å². The van der Waals surface area contributed by atoms with Crippen LogP contribution in [0.4, 0.5) is 0 Å². The van der Waals surface area contributed by atoms with Crippen LogP contribution in [0, 0.1) is 6.92 Å². The monoisotopic (exact) mass is 311 g/mol. The lowest BCUT2D eigenvalue weighted by Crippen LogP contribution is -2.31. The summed E-state index contributed by atoms with van der Waals surface area (Å²) in [4.78, 5) is 25.5. The predicted molar refractivity (Wildman–Crippen MR) is 90.7 cm³/mol. The van der Waals surface area contributed by atoms with Crippen LogP contribution in [-0.2, 0) is 16.1 Å². The molecule has 1 aliphatic rings. The van der Waals surface area contributed by atoms with Gasteiger partial charge in [0.25, 0.3) is 0 Å². The number of benzene rings is 1. The second-order valence-electron chi connectivity index (χ2n) is 5.93. The molecule has 1 fully saturated rings. The number of para-hydroxylation sites is 1. The maximum absolute atomic E-state index is 12.5. The Morgan fingerprint density at radius 2 is 1.91 bits per heavy atom. The minimum absolute atomic E-state index is 0.150. The molecule has 0 saturated carbocycles. The number of aromatic nitrogens is 1. The van der Waals surface area contributed by atoms with Gasteiger partial charge in [-0.1, -0.05) is 18.2 Å². The molecular weight excluding hydrogens is 290 g/mol. The van der Waals surface area contributed by atoms with E-state index >= 15 is 0 Å². The van der Waals surface area contributed by atoms with Crippen LogP contribution in [0.25, 0.3) is 17.0 Å². The highest BCUT2D eigenvalue weighted by Crippen LogP contribution is 2.27. The van der Waals surface area contributed by atoms with Crippen molar-refractivity contribution in [3.8, 4) is 0 Å². The molecule has 2 aromatic rings. The Bertz CT molecular complexity index is 783. The number of hydrogen-bond acceptors (Lipinski definition) is 2. The molecule has 1 aromatic carbocycles. The molecule has 0 spiro atoms. The fraction of sp³-hybridized carbons (Fsp3) is 0.333. The highest BCUT2D eigenvalue weighted by molar-refractivity contribution is 5.97. The second kappa shape index (κ2) is 6.28. The molecule has 1 aromatic heterocycles. The number of nitrogens with two attached hydrogens (primary N) is 1. The summed E-state index contributed by atoms with van der Waals surface area (Å²) in [6, 6.07) is 7.91. The Morgan fingerprint density at radius 3 is 2.61 bits per heavy atom. The summed E-state index contributed by atoms with van der Waals surface area (Å²) in [5, 5.41) is 1.02. The number of hydrogen-bond donors (Lipinski definition) is 1. The minimum Gasteiger partial charge on any atom is -0.366 e. The van der Waals surface area contributed by atoms with Gasteiger partial charge in [0.05, 0.1) is 0 Å². The zero-order chi connectivity index (χ0) is 16.4. The van der Waals surface area contributed by atoms with E-state index in [0.717, 1.165) is 48.1 Å². The third-order valence-electron chi connectivity index (χ3n) is 4.45. The van der Waals surface area contributed by atoms with Crippen molar-refractivity contribution in [3.05, 3.63) is 41.6 Å². The van der Waals surface area contributed by atoms with Crippen LogP contribution in [0.5, 0.6) is 0 Å². The standard InChI is InChI=1S/C18H21N3O2/c1-13-14(8-9-17(19)22)15-6-2-3-7-16(15)21(13)12-18(23)20-10-4-5-11-20/h2-3,6-9H,4-5,10-12H2,1H3,(H2,19,22)/b9-8+. The van der Waals surface area contributed by atoms with E-state index in [9.17, 15) is 9.59 Å². The third kappa shape index (κ3) is 2.99. The first-order valence-corrected chi connectivity index (χ1v) is 7.91. The summed E-state index contributed by atoms with van der Waals surface area (Å²) in [5.41, 5.74) is 8.12. The fourth-order valence-corrected chi connectivity index (χ4v) is 3.24. The Kier molecular flexibility index (Phi) is 4.19. The smallest absolute Gasteiger partial charge is 0.242 e. The zero-order valence-corrected chi connectivity index (χ0v) is 13.3. The van der Waals surface area contributed by atoms with Crippen molar-refractivity contribution in [2.24, 2.45) is 5.73 Å². The minimum atomic E-state index is -0.477. The number of fused-ring (bicyclic) bond motifs is 1. The summed E-state index contributed by atoms with van der Waals surface area (Å²) in [7, 11) is 0. The van der Waals surface area contributed by atoms with E-state index in [-0.39, 0.29) is 5.91 Å². The molecule has 23 heavy (non-hydrogen) atoms. The Balaban J connectivity index is 2.01. The molecule has 2 amide bonds. The average molecular weight is 311 g/mol. The highest BCUT2D eigenvalue weighted by atomic mass is 16.2. The number of likely N-dealkylation sites (tertiary alicyclic amines) is 1. The highest BCUT2D eigenvalue weighted by Gasteiger charge is 2.20. The summed E-state index contributed by atoms with van der Waals surface area (Å²) >= 11 is 0. The Morgan fingerprint density at radius 1 is 1.22 bits per heavy atom. The molecule has 5 heteroatoms. The van der Waals surface area contributed by atoms with Gasteiger partial charge >= 0.3 is 0 Å². The van der Waals surface area contributed by atoms with Crippen molar-refractivity contribution in [2.75, 3.05) is 13.1 Å². The van der Waals surface area contributed by atoms with Gasteiger partial charge in [-0.15, -0.1) is 0 Å². The molecule has 0 bridgehead atoms. The number of amides is 2. The molecule has 1 aliphatic heterocycles. The number of primary amides is 1. The summed E-state index contributed by atoms with van der Waals surface area (Å²) in [6.07, 6.45) is 5.27. The van der Waals surface area contributed by atoms with E-state index in [1.165, 1.54) is 6.08 Å². The van der Waals surface area contributed by atoms with Crippen LogP contribution in [-0.4, -0.2) is 34.4 Å². The van der Waals surface area contributed by atoms with E-state index in [1.54, 1.807) is 6.08 Å². The van der Waals surface area contributed by atoms with Crippen LogP contribution in [0.3, 0.4) is 0 Å². The molecule has 2 N–H and O–H groups in total. The lowest BCUT2D eigenvalue weighted by atomic mass is 10.1. The van der Waals surface area contributed by atoms with Crippen molar-refractivity contribution >= 4 is 28.8 Å². The topological polar surface area (TPSA) is 68.3 Å². The number of rotatable bonds is 4. The van der Waals surface area contributed by atoms with Crippen LogP contribution >= 0.6 is 0 Å². The van der Waals surface area contributed by atoms with E-state index in [2.05, 4.69) is 0 Å². The first-order valence-electron chi connectivity index (χ1n) is 7.91. The van der Waals surface area contributed by atoms with Crippen molar-refractivity contribution in [1.29, 1.82) is 0 Å². The molecule has 120 valence electrons. The molecule has 0 unspecified atom stereocenters. The predicted octanol–water partition coefficient (Wildman–Crippen LogP) is 2.07. The second-order valence-corrected chi connectivity index (χ2v) is 5.93. The average Bonchev–Trinajstić information content (AvgIpc) is 3.14. The largest absolute Gasteiger partial charge is 0.366 e. The zero-order valence-electron chi connectivity index (χ0n) is 13.3. The van der Waals surface area contributed by atoms with Crippen molar-refractivity contribution in [2.45, 2.75) is 26.3 Å². The quantitative estimate of drug-likeness (QED) is 0.878. The van der Waals surface area contributed by atoms with Crippen molar-refractivity contribution in [1.82, 2.24) is 9.47 Å². The van der Waals surface area contributed by atoms with E-state index < -0.39 is 5.91 Å². The first kappa shape index (κ1) is 15.3. The first-order chi connectivity index (χ1) is 11.1. The Hall–Kier alpha value is -2.56. The lowest BCUT2D eigenvalue weighted by Gasteiger charge is -2.17. The SMILES string of the molecule is Cc1c(/C=C/C(N)=O)c2ccccc2n1CC(=O)N1CCCC1. The van der Waals surface area contributed by atoms with Crippen molar-refractivity contribution in [3.63, 3.8) is 0 Å². The van der Waals surface area contributed by atoms with Gasteiger partial charge in [0, 0.05) is 41.3 Å². The fourth-order valence-electron chi connectivity index (χ4n) is 3.24. The van der Waals surface area contributed by atoms with E-state index in [1.807, 2.05) is 40.7 Å². The number of carbonyl (C=O) groups excluding carboxylic acids is 2. The van der Waals surface area contributed by atoms with Gasteiger partial charge in [0.15, 0.2) is 0 Å². The number of carbonyl (C=O) groups is 2. The summed E-state index contributed by atoms with van der Waals surface area (Å²) < 4.78 is 2.02. The molecule has 5 nitrogen and oxygen atoms in total. The van der Waals surface area contributed by atoms with Crippen LogP contribution in [0.15, 0.2) is 30.3 Å². The van der Waals surface area contributed by atoms with Gasteiger partial charge in [-0.05, 0) is 31.9 Å². The summed E-state index contributed by atoms with van der Waals surface area (Å²) in [6.45, 7) is 4.01. The lowest BCUT2D eigenvalue weighted by molar-refractivity contribution is -0.130. The maximum Gasteiger partial charge on any atom is 0.242 e. The van der Waals surface area contributed by atoms with Gasteiger partial charge in [-0.3, -0.25) is 9.59 Å². The molecule has 0 radical (unpaired) electrons. The van der Waals surface area contributed by atoms with Crippen LogP contribution in [0.2, 0.25) is 0 Å². The van der Waals surface area contributed by atoms with Crippen LogP contribution < -0.4 is 5.73 Å². The summed E-state index contributed by atoms with van der Waals surface area (Å²) in [5.74, 6) is -0.328. The normalized spacial score (nSPS) is 14.9. The van der Waals surface area contributed by atoms with E-state index in [0.29, 0.717) is 6.54 Å². The molecule has 1 saturated heterocycles. The van der Waals surface area contributed by atoms with Gasteiger partial charge in [-0.2, -0.15) is 0 Å². The third-order valence-corrected chi connectivity index (χ3v) is 4.45. The number of nitrogens with zero attached hydrogens (tertiary/aromatic N) is 2. The molecule has 0 atom stereocenters. The molecule has 3 rings (SSSR count). The van der Waals surface area contributed by atoms with E-state index in [4.69, 9.17) is 5.73 Å². The Labute approximate surface area is 135 Å². The molecule has 2 heterocycles. The van der Waals surface area contributed by atoms with Gasteiger partial charge in [0.1, 0.15) is 6.54 Å². The maximum atomic E-state index is 12.5. The van der Waals surface area contributed by atoms with Gasteiger partial charge < -0.3 is 15.2 Å². The van der Waals surface area contributed by atoms with Gasteiger partial charge in [0.2, 0.25) is 11.8 Å². The van der Waals surface area contributed by atoms with Crippen LogP contribution in [0.1, 0.15) is 24.1 Å². The molecular formula is C18H21N3O2. The molecule has 0 aliphatic carbocycles.